The number of hydrogen-bond donors (Lipinski definition) is 1. The Morgan fingerprint density at radius 2 is 2.10 bits per heavy atom. The molecule has 0 amide bonds. The van der Waals surface area contributed by atoms with Crippen LogP contribution in [0.15, 0.2) is 24.3 Å². The summed E-state index contributed by atoms with van der Waals surface area (Å²) in [6, 6.07) is 7.47. The van der Waals surface area contributed by atoms with Crippen LogP contribution in [0.4, 0.5) is 5.69 Å². The Morgan fingerprint density at radius 3 is 2.65 bits per heavy atom. The quantitative estimate of drug-likeness (QED) is 0.641. The van der Waals surface area contributed by atoms with Gasteiger partial charge in [0.25, 0.3) is 5.69 Å². The normalized spacial score (nSPS) is 19.2. The Morgan fingerprint density at radius 1 is 1.35 bits per heavy atom. The van der Waals surface area contributed by atoms with Gasteiger partial charge in [-0.1, -0.05) is 25.5 Å². The number of nitro groups is 1. The molecule has 1 N–H and O–H groups in total. The highest BCUT2D eigenvalue weighted by Gasteiger charge is 2.16. The molecule has 1 aromatic rings. The van der Waals surface area contributed by atoms with Gasteiger partial charge in [-0.05, 0) is 31.5 Å². The van der Waals surface area contributed by atoms with Crippen molar-refractivity contribution in [1.29, 1.82) is 0 Å². The van der Waals surface area contributed by atoms with E-state index in [1.54, 1.807) is 12.1 Å². The van der Waals surface area contributed by atoms with Gasteiger partial charge in [-0.15, -0.1) is 0 Å². The molecule has 0 spiro atoms. The van der Waals surface area contributed by atoms with Gasteiger partial charge in [0.2, 0.25) is 0 Å². The van der Waals surface area contributed by atoms with Crippen molar-refractivity contribution in [2.24, 2.45) is 0 Å². The number of likely N-dealkylation sites (N-methyl/N-ethyl adjacent to an activating group) is 1. The number of nitro benzene ring substituents is 1. The van der Waals surface area contributed by atoms with Crippen LogP contribution in [0.2, 0.25) is 0 Å². The van der Waals surface area contributed by atoms with Crippen molar-refractivity contribution in [3.63, 3.8) is 0 Å². The number of piperidine rings is 1. The van der Waals surface area contributed by atoms with Gasteiger partial charge in [0, 0.05) is 31.3 Å². The summed E-state index contributed by atoms with van der Waals surface area (Å²) in [4.78, 5) is 12.7. The van der Waals surface area contributed by atoms with Crippen LogP contribution in [0.5, 0.6) is 0 Å². The summed E-state index contributed by atoms with van der Waals surface area (Å²) >= 11 is 0. The Balaban J connectivity index is 1.89. The maximum absolute atomic E-state index is 10.6. The van der Waals surface area contributed by atoms with Crippen LogP contribution in [0.3, 0.4) is 0 Å². The zero-order valence-electron chi connectivity index (χ0n) is 12.0. The van der Waals surface area contributed by atoms with E-state index < -0.39 is 0 Å². The molecule has 2 rings (SSSR count). The van der Waals surface area contributed by atoms with Gasteiger partial charge >= 0.3 is 0 Å². The van der Waals surface area contributed by atoms with Crippen LogP contribution in [0, 0.1) is 10.1 Å². The SMILES string of the molecule is CCN(Cc1ccc([N+](=O)[O-])cc1)CC1CCCCN1. The van der Waals surface area contributed by atoms with Crippen LogP contribution >= 0.6 is 0 Å². The molecular formula is C15H23N3O2. The lowest BCUT2D eigenvalue weighted by Gasteiger charge is -2.29. The number of nitrogens with zero attached hydrogens (tertiary/aromatic N) is 2. The van der Waals surface area contributed by atoms with Gasteiger partial charge < -0.3 is 5.32 Å². The number of non-ortho nitro benzene ring substituents is 1. The fourth-order valence-corrected chi connectivity index (χ4v) is 2.68. The molecule has 0 aromatic heterocycles. The van der Waals surface area contributed by atoms with Crippen molar-refractivity contribution in [2.45, 2.75) is 38.8 Å². The number of hydrogen-bond acceptors (Lipinski definition) is 4. The fourth-order valence-electron chi connectivity index (χ4n) is 2.68. The van der Waals surface area contributed by atoms with Crippen LogP contribution in [-0.2, 0) is 6.54 Å². The lowest BCUT2D eigenvalue weighted by atomic mass is 10.0. The largest absolute Gasteiger partial charge is 0.313 e. The summed E-state index contributed by atoms with van der Waals surface area (Å²) < 4.78 is 0. The molecule has 5 nitrogen and oxygen atoms in total. The van der Waals surface area contributed by atoms with E-state index in [1.807, 2.05) is 12.1 Å². The number of benzene rings is 1. The first kappa shape index (κ1) is 14.9. The highest BCUT2D eigenvalue weighted by Crippen LogP contribution is 2.15. The van der Waals surface area contributed by atoms with Gasteiger partial charge in [0.15, 0.2) is 0 Å². The molecule has 0 aliphatic carbocycles. The molecule has 1 heterocycles. The van der Waals surface area contributed by atoms with E-state index in [-0.39, 0.29) is 10.6 Å². The molecule has 0 radical (unpaired) electrons. The van der Waals surface area contributed by atoms with Crippen molar-refractivity contribution in [3.8, 4) is 0 Å². The molecule has 1 saturated heterocycles. The minimum atomic E-state index is -0.354. The molecule has 1 fully saturated rings. The van der Waals surface area contributed by atoms with Crippen molar-refractivity contribution in [1.82, 2.24) is 10.2 Å². The summed E-state index contributed by atoms with van der Waals surface area (Å²) in [5.74, 6) is 0. The molecule has 1 aliphatic heterocycles. The fraction of sp³-hybridized carbons (Fsp3) is 0.600. The summed E-state index contributed by atoms with van der Waals surface area (Å²) in [6.45, 7) is 6.18. The highest BCUT2D eigenvalue weighted by atomic mass is 16.6. The zero-order valence-corrected chi connectivity index (χ0v) is 12.0. The molecule has 110 valence electrons. The Kier molecular flexibility index (Phi) is 5.49. The summed E-state index contributed by atoms with van der Waals surface area (Å²) in [5.41, 5.74) is 1.29. The molecule has 1 unspecified atom stereocenters. The maximum atomic E-state index is 10.6. The first-order valence-corrected chi connectivity index (χ1v) is 7.38. The second-order valence-corrected chi connectivity index (χ2v) is 5.40. The van der Waals surface area contributed by atoms with E-state index in [0.29, 0.717) is 6.04 Å². The van der Waals surface area contributed by atoms with E-state index in [1.165, 1.54) is 19.3 Å². The van der Waals surface area contributed by atoms with E-state index in [4.69, 9.17) is 0 Å². The van der Waals surface area contributed by atoms with Gasteiger partial charge in [-0.2, -0.15) is 0 Å². The van der Waals surface area contributed by atoms with Gasteiger partial charge in [0.05, 0.1) is 4.92 Å². The van der Waals surface area contributed by atoms with Gasteiger partial charge in [-0.25, -0.2) is 0 Å². The highest BCUT2D eigenvalue weighted by molar-refractivity contribution is 5.32. The van der Waals surface area contributed by atoms with Crippen LogP contribution in [-0.4, -0.2) is 35.5 Å². The number of nitrogens with one attached hydrogen (secondary N) is 1. The first-order chi connectivity index (χ1) is 9.69. The summed E-state index contributed by atoms with van der Waals surface area (Å²) in [5, 5.41) is 14.2. The lowest BCUT2D eigenvalue weighted by molar-refractivity contribution is -0.384. The van der Waals surface area contributed by atoms with E-state index in [9.17, 15) is 10.1 Å². The van der Waals surface area contributed by atoms with E-state index in [2.05, 4.69) is 17.1 Å². The summed E-state index contributed by atoms with van der Waals surface area (Å²) in [6.07, 6.45) is 3.84. The lowest BCUT2D eigenvalue weighted by Crippen LogP contribution is -2.43. The third kappa shape index (κ3) is 4.28. The number of rotatable bonds is 6. The van der Waals surface area contributed by atoms with Gasteiger partial charge in [-0.3, -0.25) is 15.0 Å². The minimum Gasteiger partial charge on any atom is -0.313 e. The Hall–Kier alpha value is -1.46. The predicted octanol–water partition coefficient (Wildman–Crippen LogP) is 2.56. The molecule has 1 aliphatic rings. The third-order valence-electron chi connectivity index (χ3n) is 3.89. The van der Waals surface area contributed by atoms with Crippen LogP contribution in [0.1, 0.15) is 31.7 Å². The maximum Gasteiger partial charge on any atom is 0.269 e. The molecule has 1 aromatic carbocycles. The Labute approximate surface area is 120 Å². The van der Waals surface area contributed by atoms with Crippen LogP contribution in [0.25, 0.3) is 0 Å². The zero-order chi connectivity index (χ0) is 14.4. The molecule has 5 heteroatoms. The van der Waals surface area contributed by atoms with Crippen LogP contribution < -0.4 is 5.32 Å². The van der Waals surface area contributed by atoms with Crippen molar-refractivity contribution < 1.29 is 4.92 Å². The second-order valence-electron chi connectivity index (χ2n) is 5.40. The minimum absolute atomic E-state index is 0.158. The first-order valence-electron chi connectivity index (χ1n) is 7.38. The average molecular weight is 277 g/mol. The topological polar surface area (TPSA) is 58.4 Å². The average Bonchev–Trinajstić information content (AvgIpc) is 2.48. The van der Waals surface area contributed by atoms with Crippen molar-refractivity contribution >= 4 is 5.69 Å². The molecule has 1 atom stereocenters. The molecule has 20 heavy (non-hydrogen) atoms. The van der Waals surface area contributed by atoms with E-state index >= 15 is 0 Å². The smallest absolute Gasteiger partial charge is 0.269 e. The standard InChI is InChI=1S/C15H23N3O2/c1-2-17(12-14-5-3-4-10-16-14)11-13-6-8-15(9-7-13)18(19)20/h6-9,14,16H,2-5,10-12H2,1H3. The second kappa shape index (κ2) is 7.36. The van der Waals surface area contributed by atoms with Crippen molar-refractivity contribution in [2.75, 3.05) is 19.6 Å². The van der Waals surface area contributed by atoms with E-state index in [0.717, 1.165) is 31.7 Å². The monoisotopic (exact) mass is 277 g/mol. The predicted molar refractivity (Wildman–Crippen MR) is 79.7 cm³/mol. The summed E-state index contributed by atoms with van der Waals surface area (Å²) in [7, 11) is 0. The van der Waals surface area contributed by atoms with Crippen molar-refractivity contribution in [3.05, 3.63) is 39.9 Å². The van der Waals surface area contributed by atoms with Gasteiger partial charge in [0.1, 0.15) is 0 Å². The third-order valence-corrected chi connectivity index (χ3v) is 3.89. The molecular weight excluding hydrogens is 254 g/mol. The Bertz CT molecular complexity index is 427. The molecule has 0 bridgehead atoms. The molecule has 0 saturated carbocycles.